The number of hydrogen-bond acceptors (Lipinski definition) is 4. The van der Waals surface area contributed by atoms with Gasteiger partial charge < -0.3 is 0 Å². The summed E-state index contributed by atoms with van der Waals surface area (Å²) in [6.45, 7) is 0. The van der Waals surface area contributed by atoms with Gasteiger partial charge >= 0.3 is 0 Å². The fraction of sp³-hybridized carbons (Fsp3) is 0. The molecule has 0 fully saturated rings. The van der Waals surface area contributed by atoms with Gasteiger partial charge in [0.15, 0.2) is 0 Å². The van der Waals surface area contributed by atoms with Crippen molar-refractivity contribution in [3.8, 4) is 44.5 Å². The van der Waals surface area contributed by atoms with Crippen molar-refractivity contribution in [1.29, 1.82) is 0 Å². The summed E-state index contributed by atoms with van der Waals surface area (Å²) < 4.78 is 0. The molecule has 0 bridgehead atoms. The molecule has 4 aromatic heterocycles. The highest BCUT2D eigenvalue weighted by molar-refractivity contribution is 6.13. The molecule has 0 amide bonds. The minimum Gasteiger partial charge on any atom is -0.254 e. The molecular weight excluding hydrogens is 560 g/mol. The molecule has 9 aromatic rings. The second-order valence-electron chi connectivity index (χ2n) is 11.5. The van der Waals surface area contributed by atoms with E-state index in [1.165, 1.54) is 11.1 Å². The summed E-state index contributed by atoms with van der Waals surface area (Å²) >= 11 is 0. The summed E-state index contributed by atoms with van der Waals surface area (Å²) in [5.74, 6) is 0. The normalized spacial score (nSPS) is 11.5. The van der Waals surface area contributed by atoms with E-state index in [9.17, 15) is 0 Å². The van der Waals surface area contributed by atoms with Crippen molar-refractivity contribution >= 4 is 43.6 Å². The number of hydrogen-bond donors (Lipinski definition) is 0. The van der Waals surface area contributed by atoms with Crippen LogP contribution >= 0.6 is 0 Å². The molecule has 4 nitrogen and oxygen atoms in total. The summed E-state index contributed by atoms with van der Waals surface area (Å²) in [6, 6.07) is 46.7. The summed E-state index contributed by atoms with van der Waals surface area (Å²) in [6.07, 6.45) is 7.54. The van der Waals surface area contributed by atoms with Crippen molar-refractivity contribution < 1.29 is 0 Å². The van der Waals surface area contributed by atoms with Crippen LogP contribution < -0.4 is 0 Å². The highest BCUT2D eigenvalue weighted by atomic mass is 14.7. The molecule has 5 aromatic carbocycles. The van der Waals surface area contributed by atoms with Crippen molar-refractivity contribution in [1.82, 2.24) is 19.9 Å². The van der Waals surface area contributed by atoms with Crippen LogP contribution in [0.25, 0.3) is 88.1 Å². The van der Waals surface area contributed by atoms with Gasteiger partial charge in [-0.3, -0.25) is 19.9 Å². The predicted molar refractivity (Wildman–Crippen MR) is 189 cm³/mol. The van der Waals surface area contributed by atoms with Gasteiger partial charge in [-0.2, -0.15) is 0 Å². The van der Waals surface area contributed by atoms with Crippen LogP contribution in [0.5, 0.6) is 0 Å². The molecule has 0 aliphatic rings. The van der Waals surface area contributed by atoms with Crippen LogP contribution in [-0.2, 0) is 0 Å². The van der Waals surface area contributed by atoms with E-state index in [1.807, 2.05) is 36.9 Å². The lowest BCUT2D eigenvalue weighted by atomic mass is 9.94. The van der Waals surface area contributed by atoms with Crippen LogP contribution in [0, 0.1) is 0 Å². The van der Waals surface area contributed by atoms with Crippen LogP contribution in [0.3, 0.4) is 0 Å². The van der Waals surface area contributed by atoms with Crippen LogP contribution in [0.1, 0.15) is 0 Å². The first-order chi connectivity index (χ1) is 22.8. The quantitative estimate of drug-likeness (QED) is 0.193. The number of fused-ring (bicyclic) bond motifs is 6. The van der Waals surface area contributed by atoms with Gasteiger partial charge in [0.25, 0.3) is 0 Å². The minimum absolute atomic E-state index is 0.909. The van der Waals surface area contributed by atoms with Gasteiger partial charge in [-0.05, 0) is 68.8 Å². The molecule has 0 atom stereocenters. The average Bonchev–Trinajstić information content (AvgIpc) is 3.14. The van der Waals surface area contributed by atoms with Crippen LogP contribution in [-0.4, -0.2) is 19.9 Å². The van der Waals surface area contributed by atoms with Crippen LogP contribution in [0.15, 0.2) is 158 Å². The van der Waals surface area contributed by atoms with Gasteiger partial charge in [-0.1, -0.05) is 109 Å². The minimum atomic E-state index is 0.909. The number of rotatable bonds is 4. The first kappa shape index (κ1) is 26.2. The van der Waals surface area contributed by atoms with E-state index in [1.54, 1.807) is 0 Å². The van der Waals surface area contributed by atoms with Gasteiger partial charge in [0, 0.05) is 46.3 Å². The Hall–Kier alpha value is -6.26. The zero-order chi connectivity index (χ0) is 30.5. The molecule has 0 aliphatic heterocycles. The maximum Gasteiger partial charge on any atom is 0.0970 e. The van der Waals surface area contributed by atoms with E-state index >= 15 is 0 Å². The smallest absolute Gasteiger partial charge is 0.0970 e. The molecular formula is C42H26N4. The molecule has 0 radical (unpaired) electrons. The Morgan fingerprint density at radius 1 is 0.239 bits per heavy atom. The van der Waals surface area contributed by atoms with Crippen LogP contribution in [0.2, 0.25) is 0 Å². The first-order valence-corrected chi connectivity index (χ1v) is 15.4. The van der Waals surface area contributed by atoms with E-state index in [0.717, 1.165) is 77.0 Å². The lowest BCUT2D eigenvalue weighted by molar-refractivity contribution is 1.37. The van der Waals surface area contributed by atoms with E-state index in [4.69, 9.17) is 19.9 Å². The van der Waals surface area contributed by atoms with Crippen molar-refractivity contribution in [3.63, 3.8) is 0 Å². The summed E-state index contributed by atoms with van der Waals surface area (Å²) in [4.78, 5) is 19.2. The Bertz CT molecular complexity index is 2380. The predicted octanol–water partition coefficient (Wildman–Crippen LogP) is 10.5. The number of pyridine rings is 4. The number of benzene rings is 5. The second-order valence-corrected chi connectivity index (χ2v) is 11.5. The Balaban J connectivity index is 1.13. The van der Waals surface area contributed by atoms with Crippen molar-refractivity contribution in [2.45, 2.75) is 0 Å². The van der Waals surface area contributed by atoms with E-state index < -0.39 is 0 Å². The van der Waals surface area contributed by atoms with Gasteiger partial charge in [0.2, 0.25) is 0 Å². The summed E-state index contributed by atoms with van der Waals surface area (Å²) in [7, 11) is 0. The Labute approximate surface area is 265 Å². The van der Waals surface area contributed by atoms with Gasteiger partial charge in [-0.25, -0.2) is 0 Å². The highest BCUT2D eigenvalue weighted by Gasteiger charge is 2.14. The third-order valence-electron chi connectivity index (χ3n) is 8.92. The number of nitrogens with zero attached hydrogens (tertiary/aromatic N) is 4. The summed E-state index contributed by atoms with van der Waals surface area (Å²) in [5, 5.41) is 4.37. The average molecular weight is 587 g/mol. The Morgan fingerprint density at radius 2 is 0.500 bits per heavy atom. The maximum atomic E-state index is 4.80. The SMILES string of the molecule is c1ccc(-c2ccnc3c2ccc2c(-c4ccc(-c5ccnc6c5ccc5c(-c7ccccc7)ccnc56)cc4)ccnc23)cc1. The third kappa shape index (κ3) is 4.23. The molecule has 0 aliphatic carbocycles. The highest BCUT2D eigenvalue weighted by Crippen LogP contribution is 2.38. The molecule has 0 spiro atoms. The molecule has 9 rings (SSSR count). The summed E-state index contributed by atoms with van der Waals surface area (Å²) in [5.41, 5.74) is 12.8. The number of aromatic nitrogens is 4. The first-order valence-electron chi connectivity index (χ1n) is 15.4. The van der Waals surface area contributed by atoms with E-state index in [2.05, 4.69) is 121 Å². The monoisotopic (exact) mass is 586 g/mol. The van der Waals surface area contributed by atoms with Crippen molar-refractivity contribution in [2.75, 3.05) is 0 Å². The third-order valence-corrected chi connectivity index (χ3v) is 8.92. The molecule has 0 unspecified atom stereocenters. The van der Waals surface area contributed by atoms with Gasteiger partial charge in [0.1, 0.15) is 0 Å². The lowest BCUT2D eigenvalue weighted by Gasteiger charge is -2.13. The van der Waals surface area contributed by atoms with E-state index in [0.29, 0.717) is 0 Å². The second kappa shape index (κ2) is 10.7. The molecule has 0 saturated heterocycles. The Morgan fingerprint density at radius 3 is 0.783 bits per heavy atom. The van der Waals surface area contributed by atoms with Crippen molar-refractivity contribution in [2.24, 2.45) is 0 Å². The fourth-order valence-electron chi connectivity index (χ4n) is 6.73. The maximum absolute atomic E-state index is 4.80. The van der Waals surface area contributed by atoms with Gasteiger partial charge in [-0.15, -0.1) is 0 Å². The molecule has 0 saturated carbocycles. The zero-order valence-corrected chi connectivity index (χ0v) is 24.8. The largest absolute Gasteiger partial charge is 0.254 e. The fourth-order valence-corrected chi connectivity index (χ4v) is 6.73. The van der Waals surface area contributed by atoms with Gasteiger partial charge in [0.05, 0.1) is 22.1 Å². The molecule has 4 heteroatoms. The standard InChI is InChI=1S/C42H26N4/c1-3-7-27(8-4-1)31-19-23-43-39-35(31)15-17-37-33(21-25-45-41(37)39)29-11-13-30(14-12-29)34-22-26-46-42-38(34)18-16-36-32(20-24-44-40(36)42)28-9-5-2-6-10-28/h1-26H. The van der Waals surface area contributed by atoms with Crippen molar-refractivity contribution in [3.05, 3.63) is 158 Å². The topological polar surface area (TPSA) is 51.6 Å². The zero-order valence-electron chi connectivity index (χ0n) is 24.8. The van der Waals surface area contributed by atoms with Crippen LogP contribution in [0.4, 0.5) is 0 Å². The molecule has 4 heterocycles. The van der Waals surface area contributed by atoms with E-state index in [-0.39, 0.29) is 0 Å². The lowest BCUT2D eigenvalue weighted by Crippen LogP contribution is -1.91. The molecule has 0 N–H and O–H groups in total. The molecule has 214 valence electrons. The molecule has 46 heavy (non-hydrogen) atoms. The Kier molecular flexibility index (Phi) is 6.10.